The van der Waals surface area contributed by atoms with E-state index in [0.717, 1.165) is 25.9 Å². The first-order valence-corrected chi connectivity index (χ1v) is 6.21. The fraction of sp³-hybridized carbons (Fsp3) is 0.917. The third-order valence-corrected chi connectivity index (χ3v) is 2.25. The van der Waals surface area contributed by atoms with Crippen molar-refractivity contribution in [1.29, 1.82) is 0 Å². The quantitative estimate of drug-likeness (QED) is 0.450. The van der Waals surface area contributed by atoms with E-state index >= 15 is 0 Å². The van der Waals surface area contributed by atoms with E-state index < -0.39 is 6.16 Å². The topological polar surface area (TPSA) is 65.0 Å². The predicted octanol–water partition coefficient (Wildman–Crippen LogP) is 2.68. The van der Waals surface area contributed by atoms with Crippen LogP contribution in [-0.2, 0) is 14.2 Å². The van der Waals surface area contributed by atoms with Crippen LogP contribution in [0.2, 0.25) is 0 Å². The Balaban J connectivity index is 3.17. The summed E-state index contributed by atoms with van der Waals surface area (Å²) in [6.45, 7) is 6.32. The Bertz CT molecular complexity index is 184. The molecule has 1 atom stereocenters. The standard InChI is InChI=1S/C12H24O5/c1-3-4-7-15-9-10-16-11(2)6-5-8-17-12(13)14/h11H,3-10H2,1-2H3,(H,13,14). The van der Waals surface area contributed by atoms with E-state index in [1.807, 2.05) is 6.92 Å². The average molecular weight is 248 g/mol. The summed E-state index contributed by atoms with van der Waals surface area (Å²) in [5.74, 6) is 0. The predicted molar refractivity (Wildman–Crippen MR) is 64.4 cm³/mol. The second-order valence-electron chi connectivity index (χ2n) is 3.90. The van der Waals surface area contributed by atoms with Crippen molar-refractivity contribution < 1.29 is 24.1 Å². The van der Waals surface area contributed by atoms with E-state index in [0.29, 0.717) is 19.6 Å². The van der Waals surface area contributed by atoms with Gasteiger partial charge in [0.15, 0.2) is 0 Å². The van der Waals surface area contributed by atoms with Crippen LogP contribution in [0.4, 0.5) is 4.79 Å². The van der Waals surface area contributed by atoms with Crippen molar-refractivity contribution in [1.82, 2.24) is 0 Å². The second-order valence-corrected chi connectivity index (χ2v) is 3.90. The van der Waals surface area contributed by atoms with Crippen LogP contribution in [0.25, 0.3) is 0 Å². The van der Waals surface area contributed by atoms with Crippen LogP contribution < -0.4 is 0 Å². The maximum Gasteiger partial charge on any atom is 0.505 e. The first-order chi connectivity index (χ1) is 8.16. The number of hydrogen-bond donors (Lipinski definition) is 1. The lowest BCUT2D eigenvalue weighted by molar-refractivity contribution is 0.00517. The Morgan fingerprint density at radius 1 is 1.18 bits per heavy atom. The maximum atomic E-state index is 10.1. The maximum absolute atomic E-state index is 10.1. The van der Waals surface area contributed by atoms with Gasteiger partial charge in [-0.15, -0.1) is 0 Å². The highest BCUT2D eigenvalue weighted by Gasteiger charge is 2.03. The summed E-state index contributed by atoms with van der Waals surface area (Å²) >= 11 is 0. The minimum Gasteiger partial charge on any atom is -0.450 e. The summed E-state index contributed by atoms with van der Waals surface area (Å²) in [6, 6.07) is 0. The number of ether oxygens (including phenoxy) is 3. The number of carbonyl (C=O) groups is 1. The number of rotatable bonds is 11. The molecule has 0 heterocycles. The van der Waals surface area contributed by atoms with Crippen molar-refractivity contribution in [3.8, 4) is 0 Å². The highest BCUT2D eigenvalue weighted by Crippen LogP contribution is 2.02. The Kier molecular flexibility index (Phi) is 11.1. The molecule has 0 aliphatic heterocycles. The first kappa shape index (κ1) is 16.2. The molecule has 0 saturated heterocycles. The summed E-state index contributed by atoms with van der Waals surface area (Å²) in [7, 11) is 0. The molecule has 0 aromatic rings. The summed E-state index contributed by atoms with van der Waals surface area (Å²) in [6.07, 6.45) is 2.60. The highest BCUT2D eigenvalue weighted by atomic mass is 16.7. The molecule has 1 N–H and O–H groups in total. The molecule has 0 saturated carbocycles. The molecule has 0 radical (unpaired) electrons. The zero-order valence-electron chi connectivity index (χ0n) is 10.8. The molecule has 0 aromatic heterocycles. The third kappa shape index (κ3) is 13.1. The van der Waals surface area contributed by atoms with Gasteiger partial charge in [-0.05, 0) is 26.2 Å². The molecule has 0 aliphatic rings. The van der Waals surface area contributed by atoms with Crippen molar-refractivity contribution in [2.24, 2.45) is 0 Å². The van der Waals surface area contributed by atoms with Crippen LogP contribution >= 0.6 is 0 Å². The van der Waals surface area contributed by atoms with Gasteiger partial charge in [0.2, 0.25) is 0 Å². The Morgan fingerprint density at radius 3 is 2.59 bits per heavy atom. The SMILES string of the molecule is CCCCOCCOC(C)CCCOC(=O)O. The molecule has 102 valence electrons. The van der Waals surface area contributed by atoms with E-state index in [-0.39, 0.29) is 12.7 Å². The second kappa shape index (κ2) is 11.7. The molecule has 0 spiro atoms. The lowest BCUT2D eigenvalue weighted by atomic mass is 10.2. The molecular formula is C12H24O5. The van der Waals surface area contributed by atoms with Gasteiger partial charge >= 0.3 is 6.16 Å². The van der Waals surface area contributed by atoms with Crippen LogP contribution in [-0.4, -0.2) is 43.8 Å². The van der Waals surface area contributed by atoms with Gasteiger partial charge in [0.05, 0.1) is 25.9 Å². The fourth-order valence-electron chi connectivity index (χ4n) is 1.27. The smallest absolute Gasteiger partial charge is 0.450 e. The lowest BCUT2D eigenvalue weighted by Crippen LogP contribution is -2.14. The zero-order valence-corrected chi connectivity index (χ0v) is 10.8. The average Bonchev–Trinajstić information content (AvgIpc) is 2.29. The minimum absolute atomic E-state index is 0.113. The van der Waals surface area contributed by atoms with Crippen LogP contribution in [0.5, 0.6) is 0 Å². The third-order valence-electron chi connectivity index (χ3n) is 2.25. The summed E-state index contributed by atoms with van der Waals surface area (Å²) in [5, 5.41) is 8.25. The summed E-state index contributed by atoms with van der Waals surface area (Å²) in [5.41, 5.74) is 0. The summed E-state index contributed by atoms with van der Waals surface area (Å²) < 4.78 is 15.3. The first-order valence-electron chi connectivity index (χ1n) is 6.21. The zero-order chi connectivity index (χ0) is 12.9. The van der Waals surface area contributed by atoms with Gasteiger partial charge < -0.3 is 19.3 Å². The van der Waals surface area contributed by atoms with E-state index in [1.165, 1.54) is 0 Å². The molecular weight excluding hydrogens is 224 g/mol. The van der Waals surface area contributed by atoms with Crippen molar-refractivity contribution in [3.05, 3.63) is 0 Å². The molecule has 0 rings (SSSR count). The van der Waals surface area contributed by atoms with E-state index in [9.17, 15) is 4.79 Å². The van der Waals surface area contributed by atoms with Gasteiger partial charge in [0, 0.05) is 6.61 Å². The van der Waals surface area contributed by atoms with Gasteiger partial charge in [-0.1, -0.05) is 13.3 Å². The monoisotopic (exact) mass is 248 g/mol. The Hall–Kier alpha value is -0.810. The van der Waals surface area contributed by atoms with Gasteiger partial charge in [-0.25, -0.2) is 4.79 Å². The van der Waals surface area contributed by atoms with E-state index in [2.05, 4.69) is 11.7 Å². The van der Waals surface area contributed by atoms with Gasteiger partial charge in [0.1, 0.15) is 0 Å². The largest absolute Gasteiger partial charge is 0.505 e. The van der Waals surface area contributed by atoms with Crippen LogP contribution in [0.3, 0.4) is 0 Å². The molecule has 5 heteroatoms. The molecule has 0 amide bonds. The van der Waals surface area contributed by atoms with Crippen LogP contribution in [0.1, 0.15) is 39.5 Å². The van der Waals surface area contributed by atoms with Crippen molar-refractivity contribution in [2.45, 2.75) is 45.6 Å². The van der Waals surface area contributed by atoms with Crippen molar-refractivity contribution in [3.63, 3.8) is 0 Å². The number of unbranched alkanes of at least 4 members (excludes halogenated alkanes) is 1. The Morgan fingerprint density at radius 2 is 1.94 bits per heavy atom. The van der Waals surface area contributed by atoms with E-state index in [4.69, 9.17) is 14.6 Å². The van der Waals surface area contributed by atoms with Crippen molar-refractivity contribution >= 4 is 6.16 Å². The van der Waals surface area contributed by atoms with Gasteiger partial charge in [0.25, 0.3) is 0 Å². The van der Waals surface area contributed by atoms with Gasteiger partial charge in [-0.3, -0.25) is 0 Å². The van der Waals surface area contributed by atoms with E-state index in [1.54, 1.807) is 0 Å². The van der Waals surface area contributed by atoms with Crippen molar-refractivity contribution in [2.75, 3.05) is 26.4 Å². The molecule has 5 nitrogen and oxygen atoms in total. The molecule has 0 aliphatic carbocycles. The Labute approximate surface area is 103 Å². The van der Waals surface area contributed by atoms with Crippen LogP contribution in [0.15, 0.2) is 0 Å². The molecule has 1 unspecified atom stereocenters. The summed E-state index contributed by atoms with van der Waals surface area (Å²) in [4.78, 5) is 10.1. The number of hydrogen-bond acceptors (Lipinski definition) is 4. The molecule has 0 aromatic carbocycles. The van der Waals surface area contributed by atoms with Gasteiger partial charge in [-0.2, -0.15) is 0 Å². The fourth-order valence-corrected chi connectivity index (χ4v) is 1.27. The van der Waals surface area contributed by atoms with Crippen LogP contribution in [0, 0.1) is 0 Å². The lowest BCUT2D eigenvalue weighted by Gasteiger charge is -2.12. The highest BCUT2D eigenvalue weighted by molar-refractivity contribution is 5.56. The molecule has 17 heavy (non-hydrogen) atoms. The minimum atomic E-state index is -1.22. The number of carboxylic acid groups (broad SMARTS) is 1. The molecule has 0 bridgehead atoms. The normalized spacial score (nSPS) is 12.4. The molecule has 0 fully saturated rings.